The van der Waals surface area contributed by atoms with Crippen molar-refractivity contribution < 1.29 is 14.3 Å². The smallest absolute Gasteiger partial charge is 0.251 e. The molecule has 1 aliphatic rings. The van der Waals surface area contributed by atoms with Gasteiger partial charge in [0, 0.05) is 10.4 Å². The number of aryl methyl sites for hydroxylation is 1. The molecule has 3 rings (SSSR count). The summed E-state index contributed by atoms with van der Waals surface area (Å²) >= 11 is 1.46. The minimum Gasteiger partial charge on any atom is -0.496 e. The normalized spacial score (nSPS) is 12.7. The van der Waals surface area contributed by atoms with E-state index < -0.39 is 5.91 Å². The van der Waals surface area contributed by atoms with E-state index in [1.54, 1.807) is 7.11 Å². The second-order valence-corrected chi connectivity index (χ2v) is 6.57. The second kappa shape index (κ2) is 6.42. The molecule has 2 aromatic rings. The molecule has 5 nitrogen and oxygen atoms in total. The maximum absolute atomic E-state index is 12.3. The van der Waals surface area contributed by atoms with Crippen molar-refractivity contribution in [3.63, 3.8) is 0 Å². The van der Waals surface area contributed by atoms with Gasteiger partial charge < -0.3 is 15.8 Å². The van der Waals surface area contributed by atoms with E-state index in [-0.39, 0.29) is 12.3 Å². The maximum Gasteiger partial charge on any atom is 0.251 e. The number of benzene rings is 1. The van der Waals surface area contributed by atoms with E-state index >= 15 is 0 Å². The number of amides is 2. The van der Waals surface area contributed by atoms with Crippen LogP contribution >= 0.6 is 11.3 Å². The van der Waals surface area contributed by atoms with Gasteiger partial charge in [0.1, 0.15) is 10.8 Å². The summed E-state index contributed by atoms with van der Waals surface area (Å²) < 4.78 is 5.26. The highest BCUT2D eigenvalue weighted by molar-refractivity contribution is 7.17. The van der Waals surface area contributed by atoms with Crippen molar-refractivity contribution >= 4 is 28.2 Å². The zero-order chi connectivity index (χ0) is 16.4. The highest BCUT2D eigenvalue weighted by Crippen LogP contribution is 2.38. The molecule has 0 fully saturated rings. The van der Waals surface area contributed by atoms with Crippen molar-refractivity contribution in [3.05, 3.63) is 45.8 Å². The third-order valence-corrected chi connectivity index (χ3v) is 5.17. The van der Waals surface area contributed by atoms with Crippen LogP contribution in [0.3, 0.4) is 0 Å². The van der Waals surface area contributed by atoms with E-state index in [2.05, 4.69) is 5.32 Å². The number of primary amides is 1. The highest BCUT2D eigenvalue weighted by atomic mass is 32.1. The summed E-state index contributed by atoms with van der Waals surface area (Å²) in [6.07, 6.45) is 3.02. The van der Waals surface area contributed by atoms with Gasteiger partial charge in [-0.3, -0.25) is 9.59 Å². The van der Waals surface area contributed by atoms with Crippen molar-refractivity contribution in [2.45, 2.75) is 25.7 Å². The van der Waals surface area contributed by atoms with Crippen LogP contribution in [0.25, 0.3) is 0 Å². The Morgan fingerprint density at radius 1 is 1.30 bits per heavy atom. The number of nitrogens with two attached hydrogens (primary N) is 1. The number of fused-ring (bicyclic) bond motifs is 1. The number of para-hydroxylation sites is 1. The number of methoxy groups -OCH3 is 1. The Morgan fingerprint density at radius 2 is 2.09 bits per heavy atom. The Kier molecular flexibility index (Phi) is 4.34. The molecule has 3 N–H and O–H groups in total. The van der Waals surface area contributed by atoms with E-state index in [0.717, 1.165) is 35.3 Å². The number of nitrogens with one attached hydrogen (secondary N) is 1. The summed E-state index contributed by atoms with van der Waals surface area (Å²) in [5.41, 5.74) is 7.80. The molecule has 0 unspecified atom stereocenters. The van der Waals surface area contributed by atoms with Crippen LogP contribution in [0, 0.1) is 0 Å². The van der Waals surface area contributed by atoms with Crippen molar-refractivity contribution in [2.75, 3.05) is 12.4 Å². The Hall–Kier alpha value is -2.34. The number of thiophene rings is 1. The van der Waals surface area contributed by atoms with Gasteiger partial charge in [0.2, 0.25) is 5.91 Å². The molecular weight excluding hydrogens is 312 g/mol. The van der Waals surface area contributed by atoms with E-state index in [1.807, 2.05) is 24.3 Å². The van der Waals surface area contributed by atoms with Gasteiger partial charge in [-0.1, -0.05) is 18.2 Å². The van der Waals surface area contributed by atoms with Gasteiger partial charge >= 0.3 is 0 Å². The molecule has 1 aromatic heterocycles. The van der Waals surface area contributed by atoms with E-state index in [1.165, 1.54) is 11.3 Å². The number of rotatable bonds is 5. The number of anilines is 1. The van der Waals surface area contributed by atoms with Crippen LogP contribution in [0.15, 0.2) is 24.3 Å². The van der Waals surface area contributed by atoms with Crippen molar-refractivity contribution in [1.29, 1.82) is 0 Å². The monoisotopic (exact) mass is 330 g/mol. The third-order valence-electron chi connectivity index (χ3n) is 3.96. The molecule has 2 amide bonds. The van der Waals surface area contributed by atoms with Gasteiger partial charge in [0.25, 0.3) is 5.91 Å². The SMILES string of the molecule is COc1ccccc1CC(=O)Nc1sc2c(c1C(N)=O)CCC2. The van der Waals surface area contributed by atoms with Crippen LogP contribution in [0.4, 0.5) is 5.00 Å². The van der Waals surface area contributed by atoms with E-state index in [4.69, 9.17) is 10.5 Å². The summed E-state index contributed by atoms with van der Waals surface area (Å²) in [5.74, 6) is 0.0142. The summed E-state index contributed by atoms with van der Waals surface area (Å²) in [5, 5.41) is 3.42. The van der Waals surface area contributed by atoms with Gasteiger partial charge in [-0.05, 0) is 30.9 Å². The maximum atomic E-state index is 12.3. The Labute approximate surface area is 138 Å². The third kappa shape index (κ3) is 3.07. The first-order chi connectivity index (χ1) is 11.1. The number of ether oxygens (including phenoxy) is 1. The predicted octanol–water partition coefficient (Wildman–Crippen LogP) is 2.53. The van der Waals surface area contributed by atoms with Crippen LogP contribution < -0.4 is 15.8 Å². The van der Waals surface area contributed by atoms with Gasteiger partial charge in [-0.2, -0.15) is 0 Å². The lowest BCUT2D eigenvalue weighted by atomic mass is 10.1. The summed E-state index contributed by atoms with van der Waals surface area (Å²) in [4.78, 5) is 25.2. The van der Waals surface area contributed by atoms with Crippen LogP contribution in [0.5, 0.6) is 5.75 Å². The van der Waals surface area contributed by atoms with Crippen molar-refractivity contribution in [1.82, 2.24) is 0 Å². The molecule has 120 valence electrons. The molecule has 0 atom stereocenters. The van der Waals surface area contributed by atoms with Gasteiger partial charge in [0.15, 0.2) is 0 Å². The van der Waals surface area contributed by atoms with Gasteiger partial charge in [0.05, 0.1) is 19.1 Å². The fourth-order valence-electron chi connectivity index (χ4n) is 2.95. The molecule has 1 heterocycles. The quantitative estimate of drug-likeness (QED) is 0.884. The average Bonchev–Trinajstić information content (AvgIpc) is 3.07. The lowest BCUT2D eigenvalue weighted by molar-refractivity contribution is -0.115. The topological polar surface area (TPSA) is 81.4 Å². The number of carbonyl (C=O) groups is 2. The lowest BCUT2D eigenvalue weighted by Gasteiger charge is -2.09. The van der Waals surface area contributed by atoms with Crippen LogP contribution in [-0.2, 0) is 24.1 Å². The van der Waals surface area contributed by atoms with Crippen LogP contribution in [0.2, 0.25) is 0 Å². The standard InChI is InChI=1S/C17H18N2O3S/c1-22-12-7-3-2-5-10(12)9-14(20)19-17-15(16(18)21)11-6-4-8-13(11)23-17/h2-3,5,7H,4,6,8-9H2,1H3,(H2,18,21)(H,19,20). The molecule has 0 saturated heterocycles. The van der Waals surface area contributed by atoms with E-state index in [0.29, 0.717) is 16.3 Å². The Balaban J connectivity index is 1.80. The molecule has 1 aliphatic carbocycles. The number of hydrogen-bond donors (Lipinski definition) is 2. The molecule has 6 heteroatoms. The number of hydrogen-bond acceptors (Lipinski definition) is 4. The molecule has 0 saturated carbocycles. The first-order valence-electron chi connectivity index (χ1n) is 7.46. The summed E-state index contributed by atoms with van der Waals surface area (Å²) in [6, 6.07) is 7.38. The minimum atomic E-state index is -0.475. The summed E-state index contributed by atoms with van der Waals surface area (Å²) in [7, 11) is 1.58. The predicted molar refractivity (Wildman–Crippen MR) is 90.2 cm³/mol. The molecule has 0 spiro atoms. The molecular formula is C17H18N2O3S. The molecule has 1 aromatic carbocycles. The van der Waals surface area contributed by atoms with E-state index in [9.17, 15) is 9.59 Å². The fourth-order valence-corrected chi connectivity index (χ4v) is 4.26. The zero-order valence-electron chi connectivity index (χ0n) is 12.8. The highest BCUT2D eigenvalue weighted by Gasteiger charge is 2.26. The van der Waals surface area contributed by atoms with Crippen LogP contribution in [-0.4, -0.2) is 18.9 Å². The van der Waals surface area contributed by atoms with Crippen LogP contribution in [0.1, 0.15) is 32.8 Å². The first kappa shape index (κ1) is 15.6. The van der Waals surface area contributed by atoms with Crippen molar-refractivity contribution in [2.24, 2.45) is 5.73 Å². The largest absolute Gasteiger partial charge is 0.496 e. The Bertz CT molecular complexity index is 767. The second-order valence-electron chi connectivity index (χ2n) is 5.46. The minimum absolute atomic E-state index is 0.183. The lowest BCUT2D eigenvalue weighted by Crippen LogP contribution is -2.19. The average molecular weight is 330 g/mol. The first-order valence-corrected chi connectivity index (χ1v) is 8.28. The molecule has 0 bridgehead atoms. The number of carbonyl (C=O) groups excluding carboxylic acids is 2. The molecule has 23 heavy (non-hydrogen) atoms. The Morgan fingerprint density at radius 3 is 2.83 bits per heavy atom. The zero-order valence-corrected chi connectivity index (χ0v) is 13.7. The molecule has 0 aliphatic heterocycles. The summed E-state index contributed by atoms with van der Waals surface area (Å²) in [6.45, 7) is 0. The molecule has 0 radical (unpaired) electrons. The van der Waals surface area contributed by atoms with Crippen molar-refractivity contribution in [3.8, 4) is 5.75 Å². The van der Waals surface area contributed by atoms with Gasteiger partial charge in [-0.15, -0.1) is 11.3 Å². The van der Waals surface area contributed by atoms with Gasteiger partial charge in [-0.25, -0.2) is 0 Å². The fraction of sp³-hybridized carbons (Fsp3) is 0.294.